The normalized spacial score (nSPS) is 18.9. The molecule has 1 amide bonds. The first-order valence-corrected chi connectivity index (χ1v) is 9.17. The number of thiophene rings is 1. The van der Waals surface area contributed by atoms with Crippen molar-refractivity contribution in [2.75, 3.05) is 19.6 Å². The van der Waals surface area contributed by atoms with Crippen molar-refractivity contribution in [1.82, 2.24) is 10.2 Å². The number of likely N-dealkylation sites (tertiary alicyclic amines) is 1. The maximum atomic E-state index is 12.7. The number of carbonyl (C=O) groups is 1. The number of fused-ring (bicyclic) bond motifs is 1. The third-order valence-electron chi connectivity index (χ3n) is 4.87. The van der Waals surface area contributed by atoms with Crippen LogP contribution in [0.2, 0.25) is 0 Å². The van der Waals surface area contributed by atoms with Crippen molar-refractivity contribution in [2.24, 2.45) is 5.92 Å². The van der Waals surface area contributed by atoms with E-state index in [1.165, 1.54) is 29.5 Å². The smallest absolute Gasteiger partial charge is 0.253 e. The van der Waals surface area contributed by atoms with E-state index in [9.17, 15) is 4.79 Å². The number of amides is 1. The van der Waals surface area contributed by atoms with Crippen LogP contribution in [0, 0.1) is 5.92 Å². The molecular formula is C18H23ClN2OS. The molecule has 1 aromatic heterocycles. The minimum atomic E-state index is 0. The third-order valence-corrected chi connectivity index (χ3v) is 5.77. The van der Waals surface area contributed by atoms with Crippen molar-refractivity contribution in [1.29, 1.82) is 0 Å². The molecule has 2 heterocycles. The van der Waals surface area contributed by atoms with Crippen LogP contribution in [-0.2, 0) is 0 Å². The molecule has 0 bridgehead atoms. The molecule has 0 atom stereocenters. The van der Waals surface area contributed by atoms with Crippen molar-refractivity contribution in [2.45, 2.75) is 31.7 Å². The van der Waals surface area contributed by atoms with Crippen LogP contribution < -0.4 is 5.32 Å². The Labute approximate surface area is 147 Å². The van der Waals surface area contributed by atoms with Crippen molar-refractivity contribution in [3.63, 3.8) is 0 Å². The van der Waals surface area contributed by atoms with E-state index < -0.39 is 0 Å². The van der Waals surface area contributed by atoms with Crippen LogP contribution in [0.4, 0.5) is 0 Å². The zero-order valence-electron chi connectivity index (χ0n) is 13.2. The second-order valence-electron chi connectivity index (χ2n) is 6.59. The molecule has 1 aromatic carbocycles. The molecule has 124 valence electrons. The lowest BCUT2D eigenvalue weighted by Crippen LogP contribution is -2.45. The van der Waals surface area contributed by atoms with E-state index in [4.69, 9.17) is 0 Å². The maximum Gasteiger partial charge on any atom is 0.253 e. The minimum Gasteiger partial charge on any atom is -0.339 e. The predicted molar refractivity (Wildman–Crippen MR) is 98.7 cm³/mol. The standard InChI is InChI=1S/C18H22N2OS.ClH/c21-18(15-3-4-17-14(11-15)7-10-22-17)20-8-5-16(6-9-20)19-12-13-1-2-13;/h3-4,7,10-11,13,16,19H,1-2,5-6,8-9,12H2;1H. The van der Waals surface area contributed by atoms with Gasteiger partial charge >= 0.3 is 0 Å². The second-order valence-corrected chi connectivity index (χ2v) is 7.54. The van der Waals surface area contributed by atoms with E-state index in [0.29, 0.717) is 6.04 Å². The zero-order valence-corrected chi connectivity index (χ0v) is 14.8. The fourth-order valence-electron chi connectivity index (χ4n) is 3.22. The number of rotatable bonds is 4. The van der Waals surface area contributed by atoms with E-state index in [2.05, 4.69) is 22.8 Å². The van der Waals surface area contributed by atoms with Crippen molar-refractivity contribution in [3.8, 4) is 0 Å². The molecule has 2 aliphatic rings. The molecule has 2 fully saturated rings. The Hall–Kier alpha value is -1.10. The highest BCUT2D eigenvalue weighted by Crippen LogP contribution is 2.28. The highest BCUT2D eigenvalue weighted by molar-refractivity contribution is 7.17. The quantitative estimate of drug-likeness (QED) is 0.906. The van der Waals surface area contributed by atoms with Crippen LogP contribution in [-0.4, -0.2) is 36.5 Å². The number of nitrogens with one attached hydrogen (secondary N) is 1. The second kappa shape index (κ2) is 7.20. The Bertz CT molecular complexity index is 674. The Morgan fingerprint density at radius 2 is 1.96 bits per heavy atom. The summed E-state index contributed by atoms with van der Waals surface area (Å²) in [4.78, 5) is 14.7. The molecule has 1 saturated carbocycles. The Morgan fingerprint density at radius 1 is 1.17 bits per heavy atom. The number of hydrogen-bond donors (Lipinski definition) is 1. The molecular weight excluding hydrogens is 328 g/mol. The van der Waals surface area contributed by atoms with Gasteiger partial charge in [-0.25, -0.2) is 0 Å². The van der Waals surface area contributed by atoms with Crippen LogP contribution in [0.3, 0.4) is 0 Å². The van der Waals surface area contributed by atoms with Gasteiger partial charge in [-0.15, -0.1) is 23.7 Å². The average molecular weight is 351 g/mol. The van der Waals surface area contributed by atoms with E-state index in [0.717, 1.165) is 37.4 Å². The molecule has 23 heavy (non-hydrogen) atoms. The van der Waals surface area contributed by atoms with Gasteiger partial charge in [0.2, 0.25) is 0 Å². The number of piperidine rings is 1. The largest absolute Gasteiger partial charge is 0.339 e. The Kier molecular flexibility index (Phi) is 5.24. The molecule has 1 saturated heterocycles. The SMILES string of the molecule is Cl.O=C(c1ccc2sccc2c1)N1CCC(NCC2CC2)CC1. The summed E-state index contributed by atoms with van der Waals surface area (Å²) >= 11 is 1.72. The van der Waals surface area contributed by atoms with Gasteiger partial charge in [0, 0.05) is 29.4 Å². The van der Waals surface area contributed by atoms with Crippen LogP contribution >= 0.6 is 23.7 Å². The van der Waals surface area contributed by atoms with Crippen molar-refractivity contribution < 1.29 is 4.79 Å². The van der Waals surface area contributed by atoms with Crippen molar-refractivity contribution >= 4 is 39.7 Å². The molecule has 0 radical (unpaired) electrons. The van der Waals surface area contributed by atoms with Gasteiger partial charge in [-0.2, -0.15) is 0 Å². The average Bonchev–Trinajstić information content (AvgIpc) is 3.27. The van der Waals surface area contributed by atoms with Gasteiger partial charge in [-0.3, -0.25) is 4.79 Å². The van der Waals surface area contributed by atoms with Crippen molar-refractivity contribution in [3.05, 3.63) is 35.2 Å². The minimum absolute atomic E-state index is 0. The molecule has 1 N–H and O–H groups in total. The van der Waals surface area contributed by atoms with E-state index in [-0.39, 0.29) is 18.3 Å². The fraction of sp³-hybridized carbons (Fsp3) is 0.500. The van der Waals surface area contributed by atoms with E-state index in [1.54, 1.807) is 11.3 Å². The Balaban J connectivity index is 0.00000156. The van der Waals surface area contributed by atoms with Gasteiger partial charge in [-0.05, 0) is 73.2 Å². The summed E-state index contributed by atoms with van der Waals surface area (Å²) in [6.45, 7) is 2.93. The van der Waals surface area contributed by atoms with Gasteiger partial charge in [0.25, 0.3) is 5.91 Å². The lowest BCUT2D eigenvalue weighted by molar-refractivity contribution is 0.0705. The van der Waals surface area contributed by atoms with Crippen LogP contribution in [0.25, 0.3) is 10.1 Å². The van der Waals surface area contributed by atoms with Gasteiger partial charge in [0.15, 0.2) is 0 Å². The summed E-state index contributed by atoms with van der Waals surface area (Å²) in [5.74, 6) is 1.12. The van der Waals surface area contributed by atoms with Gasteiger partial charge in [-0.1, -0.05) is 0 Å². The first kappa shape index (κ1) is 16.7. The summed E-state index contributed by atoms with van der Waals surface area (Å²) in [5.41, 5.74) is 0.829. The fourth-order valence-corrected chi connectivity index (χ4v) is 4.00. The lowest BCUT2D eigenvalue weighted by atomic mass is 10.0. The molecule has 3 nitrogen and oxygen atoms in total. The van der Waals surface area contributed by atoms with Gasteiger partial charge in [0.1, 0.15) is 0 Å². The predicted octanol–water partition coefficient (Wildman–Crippen LogP) is 3.93. The summed E-state index contributed by atoms with van der Waals surface area (Å²) < 4.78 is 1.25. The first-order valence-electron chi connectivity index (χ1n) is 8.29. The highest BCUT2D eigenvalue weighted by Gasteiger charge is 2.26. The van der Waals surface area contributed by atoms with E-state index >= 15 is 0 Å². The maximum absolute atomic E-state index is 12.7. The number of carbonyl (C=O) groups excluding carboxylic acids is 1. The number of nitrogens with zero attached hydrogens (tertiary/aromatic N) is 1. The summed E-state index contributed by atoms with van der Waals surface area (Å²) in [7, 11) is 0. The lowest BCUT2D eigenvalue weighted by Gasteiger charge is -2.32. The monoisotopic (exact) mass is 350 g/mol. The van der Waals surface area contributed by atoms with E-state index in [1.807, 2.05) is 17.0 Å². The van der Waals surface area contributed by atoms with Crippen LogP contribution in [0.1, 0.15) is 36.0 Å². The summed E-state index contributed by atoms with van der Waals surface area (Å²) in [6.07, 6.45) is 4.96. The molecule has 0 spiro atoms. The molecule has 2 aromatic rings. The Morgan fingerprint density at radius 3 is 2.70 bits per heavy atom. The third kappa shape index (κ3) is 3.87. The van der Waals surface area contributed by atoms with Crippen LogP contribution in [0.5, 0.6) is 0 Å². The van der Waals surface area contributed by atoms with Gasteiger partial charge in [0.05, 0.1) is 0 Å². The zero-order chi connectivity index (χ0) is 14.9. The highest BCUT2D eigenvalue weighted by atomic mass is 35.5. The molecule has 0 unspecified atom stereocenters. The molecule has 1 aliphatic heterocycles. The van der Waals surface area contributed by atoms with Gasteiger partial charge < -0.3 is 10.2 Å². The number of benzene rings is 1. The topological polar surface area (TPSA) is 32.3 Å². The molecule has 1 aliphatic carbocycles. The summed E-state index contributed by atoms with van der Waals surface area (Å²) in [5, 5.41) is 6.92. The first-order chi connectivity index (χ1) is 10.8. The number of halogens is 1. The van der Waals surface area contributed by atoms with Crippen LogP contribution in [0.15, 0.2) is 29.6 Å². The number of hydrogen-bond acceptors (Lipinski definition) is 3. The summed E-state index contributed by atoms with van der Waals surface area (Å²) in [6, 6.07) is 8.76. The molecule has 4 rings (SSSR count). The molecule has 5 heteroatoms.